The molecular formula is C9H4FO2S-. The van der Waals surface area contributed by atoms with Crippen molar-refractivity contribution in [3.8, 4) is 0 Å². The van der Waals surface area contributed by atoms with E-state index in [4.69, 9.17) is 0 Å². The number of carbonyl (C=O) groups excluding carboxylic acids is 1. The summed E-state index contributed by atoms with van der Waals surface area (Å²) < 4.78 is 13.3. The molecule has 0 aliphatic heterocycles. The van der Waals surface area contributed by atoms with E-state index in [0.717, 1.165) is 16.7 Å². The predicted octanol–water partition coefficient (Wildman–Crippen LogP) is 1.40. The van der Waals surface area contributed by atoms with Crippen LogP contribution in [-0.2, 0) is 0 Å². The molecule has 0 bridgehead atoms. The lowest BCUT2D eigenvalue weighted by Gasteiger charge is -1.92. The summed E-state index contributed by atoms with van der Waals surface area (Å²) in [6, 6.07) is 5.64. The maximum Gasteiger partial charge on any atom is 0.124 e. The molecule has 0 atom stereocenters. The Morgan fingerprint density at radius 2 is 2.15 bits per heavy atom. The third-order valence-electron chi connectivity index (χ3n) is 1.68. The van der Waals surface area contributed by atoms with Gasteiger partial charge in [-0.1, -0.05) is 6.07 Å². The Labute approximate surface area is 77.2 Å². The zero-order valence-corrected chi connectivity index (χ0v) is 7.23. The number of fused-ring (bicyclic) bond motifs is 1. The standard InChI is InChI=1S/C9H5FO2S/c10-6-2-1-5-3-8(9(11)12)13-7(5)4-6/h1-4H,(H,11,12)/p-1. The molecule has 0 fully saturated rings. The van der Waals surface area contributed by atoms with E-state index < -0.39 is 5.97 Å². The lowest BCUT2D eigenvalue weighted by molar-refractivity contribution is -0.254. The molecule has 0 aliphatic carbocycles. The van der Waals surface area contributed by atoms with Crippen LogP contribution in [0.3, 0.4) is 0 Å². The normalized spacial score (nSPS) is 10.5. The van der Waals surface area contributed by atoms with Crippen LogP contribution in [0.15, 0.2) is 24.3 Å². The molecule has 0 spiro atoms. The highest BCUT2D eigenvalue weighted by Crippen LogP contribution is 2.25. The molecule has 0 radical (unpaired) electrons. The van der Waals surface area contributed by atoms with Crippen molar-refractivity contribution in [3.05, 3.63) is 35.0 Å². The Morgan fingerprint density at radius 1 is 1.38 bits per heavy atom. The number of aromatic carboxylic acids is 1. The van der Waals surface area contributed by atoms with Gasteiger partial charge in [-0.25, -0.2) is 4.39 Å². The first-order valence-electron chi connectivity index (χ1n) is 3.57. The quantitative estimate of drug-likeness (QED) is 0.690. The minimum Gasteiger partial charge on any atom is -0.544 e. The van der Waals surface area contributed by atoms with Crippen LogP contribution in [0, 0.1) is 5.82 Å². The zero-order valence-electron chi connectivity index (χ0n) is 6.41. The van der Waals surface area contributed by atoms with E-state index in [0.29, 0.717) is 4.70 Å². The fourth-order valence-electron chi connectivity index (χ4n) is 1.11. The largest absolute Gasteiger partial charge is 0.544 e. The summed E-state index contributed by atoms with van der Waals surface area (Å²) in [5.41, 5.74) is 0. The topological polar surface area (TPSA) is 40.1 Å². The molecule has 1 heterocycles. The second-order valence-corrected chi connectivity index (χ2v) is 3.66. The molecule has 2 aromatic rings. The molecular weight excluding hydrogens is 191 g/mol. The van der Waals surface area contributed by atoms with E-state index in [9.17, 15) is 14.3 Å². The van der Waals surface area contributed by atoms with E-state index in [1.807, 2.05) is 0 Å². The smallest absolute Gasteiger partial charge is 0.124 e. The van der Waals surface area contributed by atoms with Gasteiger partial charge in [0.1, 0.15) is 5.82 Å². The number of carbonyl (C=O) groups is 1. The van der Waals surface area contributed by atoms with Crippen molar-refractivity contribution >= 4 is 27.4 Å². The number of rotatable bonds is 1. The van der Waals surface area contributed by atoms with Gasteiger partial charge >= 0.3 is 0 Å². The summed E-state index contributed by atoms with van der Waals surface area (Å²) in [5, 5.41) is 11.2. The van der Waals surface area contributed by atoms with Crippen molar-refractivity contribution < 1.29 is 14.3 Å². The Morgan fingerprint density at radius 3 is 2.85 bits per heavy atom. The fourth-order valence-corrected chi connectivity index (χ4v) is 2.03. The van der Waals surface area contributed by atoms with Crippen LogP contribution in [0.4, 0.5) is 4.39 Å². The van der Waals surface area contributed by atoms with Gasteiger partial charge in [-0.2, -0.15) is 0 Å². The minimum atomic E-state index is -1.22. The molecule has 2 rings (SSSR count). The summed E-state index contributed by atoms with van der Waals surface area (Å²) in [5.74, 6) is -1.58. The molecule has 0 saturated carbocycles. The van der Waals surface area contributed by atoms with Gasteiger partial charge in [0, 0.05) is 4.70 Å². The van der Waals surface area contributed by atoms with Gasteiger partial charge in [0.25, 0.3) is 0 Å². The van der Waals surface area contributed by atoms with Crippen LogP contribution in [0.1, 0.15) is 9.67 Å². The average Bonchev–Trinajstić information content (AvgIpc) is 2.46. The van der Waals surface area contributed by atoms with E-state index in [2.05, 4.69) is 0 Å². The molecule has 1 aromatic carbocycles. The molecule has 1 aromatic heterocycles. The van der Waals surface area contributed by atoms with Gasteiger partial charge in [-0.3, -0.25) is 0 Å². The van der Waals surface area contributed by atoms with Crippen molar-refractivity contribution in [3.63, 3.8) is 0 Å². The van der Waals surface area contributed by atoms with E-state index in [1.165, 1.54) is 18.2 Å². The van der Waals surface area contributed by atoms with Gasteiger partial charge in [-0.15, -0.1) is 11.3 Å². The second-order valence-electron chi connectivity index (χ2n) is 2.58. The van der Waals surface area contributed by atoms with Gasteiger partial charge in [0.2, 0.25) is 0 Å². The maximum absolute atomic E-state index is 12.7. The van der Waals surface area contributed by atoms with Crippen LogP contribution < -0.4 is 5.11 Å². The summed E-state index contributed by atoms with van der Waals surface area (Å²) in [4.78, 5) is 10.6. The SMILES string of the molecule is O=C([O-])c1cc2ccc(F)cc2s1. The van der Waals surface area contributed by atoms with E-state index >= 15 is 0 Å². The van der Waals surface area contributed by atoms with Crippen molar-refractivity contribution in [1.29, 1.82) is 0 Å². The number of hydrogen-bond donors (Lipinski definition) is 0. The van der Waals surface area contributed by atoms with Crippen LogP contribution in [-0.4, -0.2) is 5.97 Å². The van der Waals surface area contributed by atoms with Gasteiger partial charge in [0.05, 0.1) is 10.8 Å². The fraction of sp³-hybridized carbons (Fsp3) is 0. The lowest BCUT2D eigenvalue weighted by Crippen LogP contribution is -2.20. The highest BCUT2D eigenvalue weighted by molar-refractivity contribution is 7.20. The first-order chi connectivity index (χ1) is 6.16. The molecule has 0 N–H and O–H groups in total. The molecule has 0 unspecified atom stereocenters. The Hall–Kier alpha value is -1.42. The first-order valence-corrected chi connectivity index (χ1v) is 4.39. The molecule has 0 aliphatic rings. The Kier molecular flexibility index (Phi) is 1.77. The monoisotopic (exact) mass is 195 g/mol. The molecule has 0 saturated heterocycles. The molecule has 2 nitrogen and oxygen atoms in total. The Balaban J connectivity index is 2.68. The number of benzene rings is 1. The molecule has 66 valence electrons. The van der Waals surface area contributed by atoms with Crippen molar-refractivity contribution in [2.75, 3.05) is 0 Å². The third kappa shape index (κ3) is 1.40. The highest BCUT2D eigenvalue weighted by atomic mass is 32.1. The zero-order chi connectivity index (χ0) is 9.42. The Bertz CT molecular complexity index is 475. The van der Waals surface area contributed by atoms with Gasteiger partial charge in [-0.05, 0) is 23.6 Å². The van der Waals surface area contributed by atoms with Crippen molar-refractivity contribution in [2.45, 2.75) is 0 Å². The summed E-state index contributed by atoms with van der Waals surface area (Å²) in [7, 11) is 0. The van der Waals surface area contributed by atoms with Crippen LogP contribution in [0.2, 0.25) is 0 Å². The number of halogens is 1. The lowest BCUT2D eigenvalue weighted by atomic mass is 10.2. The number of carboxylic acids is 1. The van der Waals surface area contributed by atoms with Crippen molar-refractivity contribution in [1.82, 2.24) is 0 Å². The minimum absolute atomic E-state index is 0.126. The van der Waals surface area contributed by atoms with E-state index in [1.54, 1.807) is 6.07 Å². The third-order valence-corrected chi connectivity index (χ3v) is 2.76. The summed E-state index contributed by atoms with van der Waals surface area (Å²) >= 11 is 1.02. The van der Waals surface area contributed by atoms with E-state index in [-0.39, 0.29) is 10.7 Å². The summed E-state index contributed by atoms with van der Waals surface area (Å²) in [6.07, 6.45) is 0. The average molecular weight is 195 g/mol. The second kappa shape index (κ2) is 2.81. The highest BCUT2D eigenvalue weighted by Gasteiger charge is 2.02. The first kappa shape index (κ1) is 8.19. The van der Waals surface area contributed by atoms with Gasteiger partial charge in [0.15, 0.2) is 0 Å². The number of thiophene rings is 1. The maximum atomic E-state index is 12.7. The van der Waals surface area contributed by atoms with Crippen LogP contribution in [0.5, 0.6) is 0 Å². The predicted molar refractivity (Wildman–Crippen MR) is 46.1 cm³/mol. The van der Waals surface area contributed by atoms with Crippen molar-refractivity contribution in [2.24, 2.45) is 0 Å². The summed E-state index contributed by atoms with van der Waals surface area (Å²) in [6.45, 7) is 0. The molecule has 0 amide bonds. The molecule has 13 heavy (non-hydrogen) atoms. The van der Waals surface area contributed by atoms with Crippen LogP contribution >= 0.6 is 11.3 Å². The number of carboxylic acid groups (broad SMARTS) is 1. The number of hydrogen-bond acceptors (Lipinski definition) is 3. The van der Waals surface area contributed by atoms with Gasteiger partial charge < -0.3 is 9.90 Å². The molecule has 4 heteroatoms. The van der Waals surface area contributed by atoms with Crippen LogP contribution in [0.25, 0.3) is 10.1 Å².